The second kappa shape index (κ2) is 5.20. The number of halogens is 2. The highest BCUT2D eigenvalue weighted by Gasteiger charge is 2.39. The van der Waals surface area contributed by atoms with Gasteiger partial charge in [-0.25, -0.2) is 0 Å². The molecule has 0 aliphatic heterocycles. The van der Waals surface area contributed by atoms with E-state index in [-0.39, 0.29) is 5.78 Å². The molecule has 0 radical (unpaired) electrons. The Kier molecular flexibility index (Phi) is 4.47. The number of hydrogen-bond donors (Lipinski definition) is 1. The summed E-state index contributed by atoms with van der Waals surface area (Å²) in [4.78, 5) is 12.3. The molecule has 2 nitrogen and oxygen atoms in total. The number of rotatable bonds is 4. The number of nitrogens with two attached hydrogens (primary N) is 1. The number of ketones is 1. The fourth-order valence-corrected chi connectivity index (χ4v) is 1.74. The van der Waals surface area contributed by atoms with Crippen LogP contribution in [0, 0.1) is 5.41 Å². The average Bonchev–Trinajstić information content (AvgIpc) is 2.21. The molecule has 100 valence electrons. The average molecular weight is 288 g/mol. The molecule has 0 heterocycles. The van der Waals surface area contributed by atoms with E-state index >= 15 is 0 Å². The lowest BCUT2D eigenvalue weighted by Crippen LogP contribution is -2.52. The van der Waals surface area contributed by atoms with Crippen molar-refractivity contribution in [2.45, 2.75) is 39.7 Å². The van der Waals surface area contributed by atoms with E-state index in [2.05, 4.69) is 0 Å². The van der Waals surface area contributed by atoms with Gasteiger partial charge in [0.2, 0.25) is 0 Å². The van der Waals surface area contributed by atoms with Crippen LogP contribution in [0.1, 0.15) is 33.3 Å². The van der Waals surface area contributed by atoms with E-state index < -0.39 is 11.0 Å². The Bertz CT molecular complexity index is 461. The molecule has 1 aromatic rings. The Balaban J connectivity index is 2.91. The zero-order valence-electron chi connectivity index (χ0n) is 11.2. The van der Waals surface area contributed by atoms with Gasteiger partial charge in [-0.3, -0.25) is 4.79 Å². The minimum Gasteiger partial charge on any atom is -0.325 e. The van der Waals surface area contributed by atoms with Crippen molar-refractivity contribution in [1.29, 1.82) is 0 Å². The number of carbonyl (C=O) groups is 1. The summed E-state index contributed by atoms with van der Waals surface area (Å²) in [6, 6.07) is 5.24. The first-order valence-electron chi connectivity index (χ1n) is 5.82. The van der Waals surface area contributed by atoms with Crippen LogP contribution in [0.5, 0.6) is 0 Å². The molecule has 0 aliphatic carbocycles. The number of hydrogen-bond acceptors (Lipinski definition) is 2. The van der Waals surface area contributed by atoms with E-state index in [1.54, 1.807) is 12.1 Å². The first-order chi connectivity index (χ1) is 8.05. The van der Waals surface area contributed by atoms with E-state index in [0.717, 1.165) is 5.56 Å². The smallest absolute Gasteiger partial charge is 0.144 e. The molecule has 18 heavy (non-hydrogen) atoms. The van der Waals surface area contributed by atoms with E-state index in [0.29, 0.717) is 16.5 Å². The first kappa shape index (κ1) is 15.5. The Hall–Kier alpha value is -0.570. The number of Topliss-reactive ketones (excluding diaryl/α,β-unsaturated/α-hetero) is 1. The maximum absolute atomic E-state index is 12.3. The van der Waals surface area contributed by atoms with Crippen molar-refractivity contribution < 1.29 is 4.79 Å². The second-order valence-corrected chi connectivity index (χ2v) is 6.51. The molecule has 0 saturated carbocycles. The monoisotopic (exact) mass is 287 g/mol. The number of benzene rings is 1. The molecule has 0 unspecified atom stereocenters. The third-order valence-corrected chi connectivity index (χ3v) is 4.40. The Morgan fingerprint density at radius 1 is 1.17 bits per heavy atom. The van der Waals surface area contributed by atoms with Crippen LogP contribution in [0.4, 0.5) is 0 Å². The van der Waals surface area contributed by atoms with E-state index in [1.165, 1.54) is 0 Å². The maximum atomic E-state index is 12.3. The van der Waals surface area contributed by atoms with E-state index in [9.17, 15) is 4.79 Å². The van der Waals surface area contributed by atoms with Crippen molar-refractivity contribution in [2.75, 3.05) is 0 Å². The summed E-state index contributed by atoms with van der Waals surface area (Å²) in [6.07, 6.45) is 0.310. The summed E-state index contributed by atoms with van der Waals surface area (Å²) in [5.41, 5.74) is 5.74. The molecular weight excluding hydrogens is 269 g/mol. The molecule has 0 bridgehead atoms. The maximum Gasteiger partial charge on any atom is 0.144 e. The van der Waals surface area contributed by atoms with Gasteiger partial charge in [0.15, 0.2) is 0 Å². The van der Waals surface area contributed by atoms with Crippen molar-refractivity contribution in [3.05, 3.63) is 33.8 Å². The summed E-state index contributed by atoms with van der Waals surface area (Å²) >= 11 is 11.8. The first-order valence-corrected chi connectivity index (χ1v) is 6.57. The van der Waals surface area contributed by atoms with E-state index in [4.69, 9.17) is 28.9 Å². The van der Waals surface area contributed by atoms with E-state index in [1.807, 2.05) is 33.8 Å². The van der Waals surface area contributed by atoms with Gasteiger partial charge in [-0.05, 0) is 31.5 Å². The minimum atomic E-state index is -0.598. The zero-order chi connectivity index (χ0) is 14.1. The van der Waals surface area contributed by atoms with Crippen molar-refractivity contribution in [2.24, 2.45) is 11.1 Å². The summed E-state index contributed by atoms with van der Waals surface area (Å²) in [5, 5.41) is 0.957. The van der Waals surface area contributed by atoms with Gasteiger partial charge in [0.25, 0.3) is 0 Å². The number of carbonyl (C=O) groups excluding carboxylic acids is 1. The normalized spacial score (nSPS) is 12.6. The molecule has 2 N–H and O–H groups in total. The van der Waals surface area contributed by atoms with Crippen LogP contribution in [0.25, 0.3) is 0 Å². The lowest BCUT2D eigenvalue weighted by molar-refractivity contribution is -0.129. The van der Waals surface area contributed by atoms with Crippen molar-refractivity contribution in [1.82, 2.24) is 0 Å². The molecule has 1 aromatic carbocycles. The topological polar surface area (TPSA) is 43.1 Å². The molecule has 0 spiro atoms. The third-order valence-electron chi connectivity index (χ3n) is 3.66. The van der Waals surface area contributed by atoms with Gasteiger partial charge in [0.05, 0.1) is 10.0 Å². The standard InChI is InChI=1S/C14H19Cl2NO/c1-13(2,14(3,4)17)12(18)8-9-5-6-10(15)11(16)7-9/h5-7H,8,17H2,1-4H3. The van der Waals surface area contributed by atoms with Gasteiger partial charge < -0.3 is 5.73 Å². The fourth-order valence-electron chi connectivity index (χ4n) is 1.42. The van der Waals surface area contributed by atoms with Crippen LogP contribution in [0.2, 0.25) is 10.0 Å². The lowest BCUT2D eigenvalue weighted by Gasteiger charge is -2.37. The molecule has 0 atom stereocenters. The largest absolute Gasteiger partial charge is 0.325 e. The van der Waals surface area contributed by atoms with Crippen LogP contribution >= 0.6 is 23.2 Å². The summed E-state index contributed by atoms with van der Waals surface area (Å²) in [7, 11) is 0. The third kappa shape index (κ3) is 3.25. The highest BCUT2D eigenvalue weighted by atomic mass is 35.5. The molecule has 1 rings (SSSR count). The molecule has 4 heteroatoms. The Labute approximate surface area is 118 Å². The van der Waals surface area contributed by atoms with Crippen molar-refractivity contribution >= 4 is 29.0 Å². The molecule has 0 amide bonds. The summed E-state index contributed by atoms with van der Waals surface area (Å²) in [6.45, 7) is 7.46. The van der Waals surface area contributed by atoms with Gasteiger partial charge in [-0.15, -0.1) is 0 Å². The van der Waals surface area contributed by atoms with Crippen molar-refractivity contribution in [3.63, 3.8) is 0 Å². The molecule has 0 aliphatic rings. The highest BCUT2D eigenvalue weighted by Crippen LogP contribution is 2.31. The van der Waals surface area contributed by atoms with Crippen LogP contribution in [-0.2, 0) is 11.2 Å². The SMILES string of the molecule is CC(C)(N)C(C)(C)C(=O)Cc1ccc(Cl)c(Cl)c1. The molecular formula is C14H19Cl2NO. The second-order valence-electron chi connectivity index (χ2n) is 5.70. The molecule has 0 aromatic heterocycles. The summed E-state index contributed by atoms with van der Waals surface area (Å²) in [5.74, 6) is 0.0911. The predicted molar refractivity (Wildman–Crippen MR) is 77.2 cm³/mol. The van der Waals surface area contributed by atoms with Gasteiger partial charge in [0.1, 0.15) is 5.78 Å². The van der Waals surface area contributed by atoms with Crippen LogP contribution in [0.15, 0.2) is 18.2 Å². The lowest BCUT2D eigenvalue weighted by atomic mass is 9.71. The van der Waals surface area contributed by atoms with Crippen molar-refractivity contribution in [3.8, 4) is 0 Å². The summed E-state index contributed by atoms with van der Waals surface area (Å²) < 4.78 is 0. The van der Waals surface area contributed by atoms with Gasteiger partial charge in [0, 0.05) is 17.4 Å². The van der Waals surface area contributed by atoms with Gasteiger partial charge in [-0.1, -0.05) is 43.1 Å². The molecule has 0 fully saturated rings. The zero-order valence-corrected chi connectivity index (χ0v) is 12.7. The quantitative estimate of drug-likeness (QED) is 0.914. The van der Waals surface area contributed by atoms with Crippen LogP contribution in [0.3, 0.4) is 0 Å². The van der Waals surface area contributed by atoms with Crippen LogP contribution < -0.4 is 5.73 Å². The van der Waals surface area contributed by atoms with Crippen LogP contribution in [-0.4, -0.2) is 11.3 Å². The molecule has 0 saturated heterocycles. The predicted octanol–water partition coefficient (Wildman–Crippen LogP) is 3.87. The van der Waals surface area contributed by atoms with Gasteiger partial charge in [-0.2, -0.15) is 0 Å². The van der Waals surface area contributed by atoms with Gasteiger partial charge >= 0.3 is 0 Å². The highest BCUT2D eigenvalue weighted by molar-refractivity contribution is 6.42. The Morgan fingerprint density at radius 3 is 2.17 bits per heavy atom. The Morgan fingerprint density at radius 2 is 1.72 bits per heavy atom. The fraction of sp³-hybridized carbons (Fsp3) is 0.500. The minimum absolute atomic E-state index is 0.0911.